The van der Waals surface area contributed by atoms with E-state index in [2.05, 4.69) is 38.5 Å². The van der Waals surface area contributed by atoms with Crippen LogP contribution in [0.25, 0.3) is 11.3 Å². The first-order chi connectivity index (χ1) is 16.4. The Morgan fingerprint density at radius 2 is 1.74 bits per heavy atom. The van der Waals surface area contributed by atoms with Gasteiger partial charge in [-0.1, -0.05) is 11.6 Å². The Kier molecular flexibility index (Phi) is 6.20. The third-order valence-electron chi connectivity index (χ3n) is 6.58. The largest absolute Gasteiger partial charge is 0.350 e. The van der Waals surface area contributed by atoms with Gasteiger partial charge in [0.15, 0.2) is 22.6 Å². The minimum atomic E-state index is -0.892. The van der Waals surface area contributed by atoms with Gasteiger partial charge in [-0.25, -0.2) is 23.7 Å². The highest BCUT2D eigenvalue weighted by molar-refractivity contribution is 6.31. The van der Waals surface area contributed by atoms with Gasteiger partial charge in [-0.05, 0) is 44.9 Å². The number of rotatable bonds is 4. The molecular weight excluding hydrogens is 460 g/mol. The Bertz CT molecular complexity index is 1190. The molecule has 178 valence electrons. The zero-order valence-corrected chi connectivity index (χ0v) is 19.9. The van der Waals surface area contributed by atoms with Crippen LogP contribution in [0.4, 0.5) is 26.4 Å². The topological polar surface area (TPSA) is 61.3 Å². The molecule has 2 aliphatic heterocycles. The summed E-state index contributed by atoms with van der Waals surface area (Å²) in [5, 5.41) is 0.385. The van der Waals surface area contributed by atoms with Gasteiger partial charge in [0, 0.05) is 62.3 Å². The second kappa shape index (κ2) is 9.29. The van der Waals surface area contributed by atoms with E-state index in [4.69, 9.17) is 21.6 Å². The fourth-order valence-corrected chi connectivity index (χ4v) is 4.97. The second-order valence-corrected chi connectivity index (χ2v) is 9.24. The van der Waals surface area contributed by atoms with E-state index in [9.17, 15) is 8.78 Å². The van der Waals surface area contributed by atoms with Crippen LogP contribution in [0.2, 0.25) is 5.15 Å². The van der Waals surface area contributed by atoms with E-state index < -0.39 is 11.6 Å². The molecule has 0 spiro atoms. The normalized spacial score (nSPS) is 20.8. The van der Waals surface area contributed by atoms with Crippen LogP contribution in [0.1, 0.15) is 26.7 Å². The lowest BCUT2D eigenvalue weighted by molar-refractivity contribution is 0.509. The molecule has 2 unspecified atom stereocenters. The Labute approximate surface area is 202 Å². The summed E-state index contributed by atoms with van der Waals surface area (Å²) in [7, 11) is 0. The van der Waals surface area contributed by atoms with Crippen molar-refractivity contribution >= 4 is 29.2 Å². The predicted molar refractivity (Wildman–Crippen MR) is 129 cm³/mol. The molecule has 2 aromatic heterocycles. The molecule has 0 bridgehead atoms. The average molecular weight is 486 g/mol. The molecule has 2 saturated heterocycles. The minimum absolute atomic E-state index is 0.100. The van der Waals surface area contributed by atoms with Crippen molar-refractivity contribution < 1.29 is 8.78 Å². The quantitative estimate of drug-likeness (QED) is 0.536. The van der Waals surface area contributed by atoms with Crippen LogP contribution in [0, 0.1) is 11.6 Å². The van der Waals surface area contributed by atoms with E-state index in [0.29, 0.717) is 53.9 Å². The highest BCUT2D eigenvalue weighted by Gasteiger charge is 2.29. The first-order valence-corrected chi connectivity index (χ1v) is 11.9. The first kappa shape index (κ1) is 22.7. The molecule has 2 atom stereocenters. The lowest BCUT2D eigenvalue weighted by atomic mass is 10.1. The molecule has 4 heterocycles. The maximum Gasteiger partial charge on any atom is 0.228 e. The molecule has 0 amide bonds. The van der Waals surface area contributed by atoms with Crippen molar-refractivity contribution in [3.8, 4) is 11.3 Å². The lowest BCUT2D eigenvalue weighted by Gasteiger charge is -2.41. The van der Waals surface area contributed by atoms with Gasteiger partial charge >= 0.3 is 0 Å². The lowest BCUT2D eigenvalue weighted by Crippen LogP contribution is -2.53. The summed E-state index contributed by atoms with van der Waals surface area (Å²) in [5.74, 6) is 0.290. The smallest absolute Gasteiger partial charge is 0.228 e. The van der Waals surface area contributed by atoms with Crippen LogP contribution >= 0.6 is 11.6 Å². The van der Waals surface area contributed by atoms with Gasteiger partial charge in [0.25, 0.3) is 0 Å². The number of hydrogen-bond donors (Lipinski definition) is 0. The van der Waals surface area contributed by atoms with Crippen molar-refractivity contribution in [2.24, 2.45) is 0 Å². The Balaban J connectivity index is 1.49. The molecule has 0 N–H and O–H groups in total. The van der Waals surface area contributed by atoms with Crippen LogP contribution in [-0.4, -0.2) is 58.2 Å². The molecule has 1 aromatic carbocycles. The summed E-state index contributed by atoms with van der Waals surface area (Å²) in [4.78, 5) is 24.7. The zero-order chi connectivity index (χ0) is 23.8. The summed E-state index contributed by atoms with van der Waals surface area (Å²) < 4.78 is 27.6. The number of halogens is 3. The fourth-order valence-electron chi connectivity index (χ4n) is 4.75. The summed E-state index contributed by atoms with van der Waals surface area (Å²) in [5.41, 5.74) is 1.10. The molecular formula is C24H26ClF2N7. The summed E-state index contributed by atoms with van der Waals surface area (Å²) >= 11 is 6.27. The predicted octanol–water partition coefficient (Wildman–Crippen LogP) is 4.57. The molecule has 0 aliphatic carbocycles. The van der Waals surface area contributed by atoms with E-state index in [1.165, 1.54) is 6.07 Å². The van der Waals surface area contributed by atoms with Gasteiger partial charge in [0.2, 0.25) is 5.95 Å². The van der Waals surface area contributed by atoms with Crippen molar-refractivity contribution in [2.75, 3.05) is 40.9 Å². The summed E-state index contributed by atoms with van der Waals surface area (Å²) in [6.45, 7) is 7.23. The van der Waals surface area contributed by atoms with E-state index in [-0.39, 0.29) is 6.04 Å². The third kappa shape index (κ3) is 4.36. The van der Waals surface area contributed by atoms with E-state index in [1.54, 1.807) is 18.5 Å². The maximum absolute atomic E-state index is 14.0. The molecule has 2 aliphatic rings. The monoisotopic (exact) mass is 485 g/mol. The standard InChI is InChI=1S/C24H26ClF2N7/c1-15-4-3-9-34(15)24-30-20(17-5-6-18(26)19(27)12-17)13-21(31-24)33-11-10-32(14-16(33)2)23-22(25)28-7-8-29-23/h5-8,12-13,15-16H,3-4,9-11,14H2,1-2H3. The van der Waals surface area contributed by atoms with Gasteiger partial charge < -0.3 is 14.7 Å². The molecule has 7 nitrogen and oxygen atoms in total. The summed E-state index contributed by atoms with van der Waals surface area (Å²) in [6, 6.07) is 6.16. The van der Waals surface area contributed by atoms with Gasteiger partial charge in [0.05, 0.1) is 5.69 Å². The van der Waals surface area contributed by atoms with E-state index >= 15 is 0 Å². The highest BCUT2D eigenvalue weighted by Crippen LogP contribution is 2.31. The van der Waals surface area contributed by atoms with Crippen molar-refractivity contribution in [3.05, 3.63) is 53.4 Å². The minimum Gasteiger partial charge on any atom is -0.350 e. The number of hydrogen-bond acceptors (Lipinski definition) is 7. The van der Waals surface area contributed by atoms with Crippen LogP contribution in [0.3, 0.4) is 0 Å². The number of anilines is 3. The highest BCUT2D eigenvalue weighted by atomic mass is 35.5. The van der Waals surface area contributed by atoms with Gasteiger partial charge in [0.1, 0.15) is 5.82 Å². The van der Waals surface area contributed by atoms with Gasteiger partial charge in [-0.15, -0.1) is 0 Å². The molecule has 3 aromatic rings. The molecule has 10 heteroatoms. The Morgan fingerprint density at radius 1 is 0.912 bits per heavy atom. The van der Waals surface area contributed by atoms with Crippen molar-refractivity contribution in [1.82, 2.24) is 19.9 Å². The Hall–Kier alpha value is -3.07. The average Bonchev–Trinajstić information content (AvgIpc) is 3.26. The number of nitrogens with zero attached hydrogens (tertiary/aromatic N) is 7. The van der Waals surface area contributed by atoms with Crippen LogP contribution in [0.5, 0.6) is 0 Å². The molecule has 5 rings (SSSR count). The fraction of sp³-hybridized carbons (Fsp3) is 0.417. The molecule has 2 fully saturated rings. The number of benzene rings is 1. The van der Waals surface area contributed by atoms with Crippen molar-refractivity contribution in [2.45, 2.75) is 38.8 Å². The van der Waals surface area contributed by atoms with Gasteiger partial charge in [-0.2, -0.15) is 4.98 Å². The maximum atomic E-state index is 14.0. The third-order valence-corrected chi connectivity index (χ3v) is 6.85. The first-order valence-electron chi connectivity index (χ1n) is 11.5. The van der Waals surface area contributed by atoms with E-state index in [0.717, 1.165) is 31.3 Å². The molecule has 0 saturated carbocycles. The van der Waals surface area contributed by atoms with Crippen molar-refractivity contribution in [1.29, 1.82) is 0 Å². The number of piperazine rings is 1. The van der Waals surface area contributed by atoms with Crippen LogP contribution in [0.15, 0.2) is 36.7 Å². The zero-order valence-electron chi connectivity index (χ0n) is 19.1. The molecule has 0 radical (unpaired) electrons. The number of aromatic nitrogens is 4. The van der Waals surface area contributed by atoms with Crippen molar-refractivity contribution in [3.63, 3.8) is 0 Å². The molecule has 34 heavy (non-hydrogen) atoms. The van der Waals surface area contributed by atoms with Crippen LogP contribution in [-0.2, 0) is 0 Å². The summed E-state index contributed by atoms with van der Waals surface area (Å²) in [6.07, 6.45) is 5.36. The van der Waals surface area contributed by atoms with Gasteiger partial charge in [-0.3, -0.25) is 0 Å². The SMILES string of the molecule is CC1CN(c2nccnc2Cl)CCN1c1cc(-c2ccc(F)c(F)c2)nc(N2CCCC2C)n1. The Morgan fingerprint density at radius 3 is 2.44 bits per heavy atom. The van der Waals surface area contributed by atoms with Crippen LogP contribution < -0.4 is 14.7 Å². The van der Waals surface area contributed by atoms with E-state index in [1.807, 2.05) is 6.07 Å². The second-order valence-electron chi connectivity index (χ2n) is 8.88.